The lowest BCUT2D eigenvalue weighted by Crippen LogP contribution is -2.11. The molecule has 1 aliphatic rings. The van der Waals surface area contributed by atoms with Crippen molar-refractivity contribution in [2.75, 3.05) is 6.26 Å². The lowest BCUT2D eigenvalue weighted by molar-refractivity contribution is 0.103. The first-order chi connectivity index (χ1) is 13.6. The number of carbonyl (C=O) groups excluding carboxylic acids is 1. The molecule has 0 atom stereocenters. The largest absolute Gasteiger partial charge is 0.343 e. The van der Waals surface area contributed by atoms with Crippen LogP contribution in [0.3, 0.4) is 0 Å². The number of hydrogen-bond donors (Lipinski definition) is 0. The molecule has 0 spiro atoms. The van der Waals surface area contributed by atoms with Gasteiger partial charge in [-0.1, -0.05) is 25.4 Å². The number of halogens is 2. The van der Waals surface area contributed by atoms with Crippen molar-refractivity contribution in [1.29, 1.82) is 0 Å². The van der Waals surface area contributed by atoms with E-state index in [9.17, 15) is 17.6 Å². The molecule has 7 heteroatoms. The predicted molar refractivity (Wildman–Crippen MR) is 111 cm³/mol. The second-order valence-electron chi connectivity index (χ2n) is 7.59. The lowest BCUT2D eigenvalue weighted by atomic mass is 9.92. The molecule has 29 heavy (non-hydrogen) atoms. The maximum Gasteiger partial charge on any atom is 0.196 e. The van der Waals surface area contributed by atoms with Crippen LogP contribution >= 0.6 is 11.6 Å². The van der Waals surface area contributed by atoms with Crippen LogP contribution in [0.25, 0.3) is 10.9 Å². The van der Waals surface area contributed by atoms with Crippen LogP contribution in [-0.4, -0.2) is 25.0 Å². The summed E-state index contributed by atoms with van der Waals surface area (Å²) in [5, 5.41) is 0.889. The summed E-state index contributed by atoms with van der Waals surface area (Å²) in [6.45, 7) is 4.46. The van der Waals surface area contributed by atoms with Crippen molar-refractivity contribution < 1.29 is 17.6 Å². The van der Waals surface area contributed by atoms with Crippen molar-refractivity contribution in [3.63, 3.8) is 0 Å². The first-order valence-electron chi connectivity index (χ1n) is 9.23. The summed E-state index contributed by atoms with van der Waals surface area (Å²) in [4.78, 5) is 13.5. The van der Waals surface area contributed by atoms with Crippen LogP contribution < -0.4 is 0 Å². The van der Waals surface area contributed by atoms with Crippen molar-refractivity contribution in [2.45, 2.75) is 37.6 Å². The Bertz CT molecular complexity index is 1280. The number of nitrogens with zero attached hydrogens (tertiary/aromatic N) is 1. The summed E-state index contributed by atoms with van der Waals surface area (Å²) < 4.78 is 40.8. The number of aromatic nitrogens is 1. The molecule has 4 nitrogen and oxygen atoms in total. The molecule has 0 amide bonds. The summed E-state index contributed by atoms with van der Waals surface area (Å²) >= 11 is 5.99. The van der Waals surface area contributed by atoms with Gasteiger partial charge in [0.1, 0.15) is 5.82 Å². The molecule has 2 heterocycles. The molecule has 0 saturated heterocycles. The monoisotopic (exact) mass is 431 g/mol. The van der Waals surface area contributed by atoms with Gasteiger partial charge in [0.2, 0.25) is 0 Å². The minimum absolute atomic E-state index is 0.0255. The number of rotatable bonds is 4. The number of ketones is 1. The van der Waals surface area contributed by atoms with E-state index < -0.39 is 15.6 Å². The standard InChI is InChI=1S/C22H19ClFNO3S/c1-12(2)16-10-14(24)11-18-20(16)21(17-5-4-8-25(17)18)22(26)15-7-6-13(23)9-19(15)29(3,27)28/h6-7,9-12H,4,8H2,1-3H3. The highest BCUT2D eigenvalue weighted by Gasteiger charge is 2.31. The molecule has 150 valence electrons. The molecule has 3 aromatic rings. The zero-order valence-electron chi connectivity index (χ0n) is 16.2. The highest BCUT2D eigenvalue weighted by atomic mass is 35.5. The van der Waals surface area contributed by atoms with Crippen LogP contribution in [0.1, 0.15) is 53.4 Å². The van der Waals surface area contributed by atoms with Crippen LogP contribution in [0.2, 0.25) is 5.02 Å². The molecule has 1 aromatic heterocycles. The first kappa shape index (κ1) is 20.1. The predicted octanol–water partition coefficient (Wildman–Crippen LogP) is 5.02. The summed E-state index contributed by atoms with van der Waals surface area (Å²) in [6.07, 6.45) is 4.86. The summed E-state index contributed by atoms with van der Waals surface area (Å²) in [5.74, 6) is -0.818. The Morgan fingerprint density at radius 1 is 1.24 bits per heavy atom. The molecule has 2 radical (unpaired) electrons. The van der Waals surface area contributed by atoms with Crippen LogP contribution in [0.15, 0.2) is 35.2 Å². The van der Waals surface area contributed by atoms with Gasteiger partial charge in [0, 0.05) is 40.9 Å². The van der Waals surface area contributed by atoms with E-state index in [0.29, 0.717) is 40.7 Å². The SMILES string of the molecule is CC(C)c1cc(F)cc2c1c(C(=O)c1ccc(Cl)cc1S(C)(=O)=O)c1n2CC[C]1. The Labute approximate surface area is 174 Å². The average molecular weight is 432 g/mol. The molecule has 0 bridgehead atoms. The van der Waals surface area contributed by atoms with Gasteiger partial charge in [-0.25, -0.2) is 12.8 Å². The summed E-state index contributed by atoms with van der Waals surface area (Å²) in [7, 11) is -3.69. The normalized spacial score (nSPS) is 14.0. The van der Waals surface area contributed by atoms with E-state index in [4.69, 9.17) is 11.6 Å². The van der Waals surface area contributed by atoms with Crippen LogP contribution in [0.4, 0.5) is 4.39 Å². The summed E-state index contributed by atoms with van der Waals surface area (Å²) in [5.41, 5.74) is 2.36. The Morgan fingerprint density at radius 3 is 2.62 bits per heavy atom. The molecule has 0 aliphatic carbocycles. The van der Waals surface area contributed by atoms with Gasteiger partial charge in [-0.15, -0.1) is 0 Å². The van der Waals surface area contributed by atoms with Gasteiger partial charge in [0.05, 0.1) is 16.0 Å². The number of sulfone groups is 1. The van der Waals surface area contributed by atoms with Crippen molar-refractivity contribution in [3.8, 4) is 0 Å². The maximum atomic E-state index is 14.3. The fourth-order valence-electron chi connectivity index (χ4n) is 3.98. The Balaban J connectivity index is 2.07. The van der Waals surface area contributed by atoms with Gasteiger partial charge < -0.3 is 4.57 Å². The highest BCUT2D eigenvalue weighted by molar-refractivity contribution is 7.90. The van der Waals surface area contributed by atoms with E-state index in [2.05, 4.69) is 6.42 Å². The fraction of sp³-hybridized carbons (Fsp3) is 0.273. The van der Waals surface area contributed by atoms with Gasteiger partial charge in [-0.2, -0.15) is 0 Å². The quantitative estimate of drug-likeness (QED) is 0.545. The fourth-order valence-corrected chi connectivity index (χ4v) is 5.11. The van der Waals surface area contributed by atoms with Gasteiger partial charge in [-0.3, -0.25) is 4.79 Å². The highest BCUT2D eigenvalue weighted by Crippen LogP contribution is 2.39. The van der Waals surface area contributed by atoms with E-state index >= 15 is 0 Å². The molecule has 0 unspecified atom stereocenters. The zero-order chi connectivity index (χ0) is 21.1. The van der Waals surface area contributed by atoms with Crippen LogP contribution in [0, 0.1) is 12.2 Å². The van der Waals surface area contributed by atoms with Gasteiger partial charge >= 0.3 is 0 Å². The van der Waals surface area contributed by atoms with Crippen LogP contribution in [0.5, 0.6) is 0 Å². The zero-order valence-corrected chi connectivity index (χ0v) is 17.8. The molecule has 2 aromatic carbocycles. The van der Waals surface area contributed by atoms with E-state index in [-0.39, 0.29) is 27.2 Å². The Hall–Kier alpha value is -2.18. The summed E-state index contributed by atoms with van der Waals surface area (Å²) in [6, 6.07) is 7.09. The maximum absolute atomic E-state index is 14.3. The minimum atomic E-state index is -3.69. The first-order valence-corrected chi connectivity index (χ1v) is 11.5. The lowest BCUT2D eigenvalue weighted by Gasteiger charge is -2.12. The van der Waals surface area contributed by atoms with E-state index in [1.165, 1.54) is 30.3 Å². The third-order valence-electron chi connectivity index (χ3n) is 5.23. The van der Waals surface area contributed by atoms with Crippen LogP contribution in [-0.2, 0) is 16.4 Å². The van der Waals surface area contributed by atoms with Gasteiger partial charge in [-0.05, 0) is 48.2 Å². The minimum Gasteiger partial charge on any atom is -0.343 e. The number of benzene rings is 2. The van der Waals surface area contributed by atoms with Gasteiger partial charge in [0.15, 0.2) is 15.6 Å². The smallest absolute Gasteiger partial charge is 0.196 e. The van der Waals surface area contributed by atoms with Gasteiger partial charge in [0.25, 0.3) is 0 Å². The molecule has 4 rings (SSSR count). The Kier molecular flexibility index (Phi) is 4.82. The second kappa shape index (κ2) is 6.96. The van der Waals surface area contributed by atoms with Crippen molar-refractivity contribution >= 4 is 38.1 Å². The average Bonchev–Trinajstić information content (AvgIpc) is 3.20. The van der Waals surface area contributed by atoms with E-state index in [1.807, 2.05) is 18.4 Å². The molecule has 0 saturated carbocycles. The van der Waals surface area contributed by atoms with Crippen molar-refractivity contribution in [1.82, 2.24) is 4.57 Å². The number of hydrogen-bond acceptors (Lipinski definition) is 3. The molecular formula is C22H19ClFNO3S. The van der Waals surface area contributed by atoms with Crippen molar-refractivity contribution in [3.05, 3.63) is 70.0 Å². The number of carbonyl (C=O) groups is 1. The van der Waals surface area contributed by atoms with E-state index in [1.54, 1.807) is 0 Å². The second-order valence-corrected chi connectivity index (χ2v) is 10.0. The topological polar surface area (TPSA) is 56.1 Å². The third kappa shape index (κ3) is 3.28. The van der Waals surface area contributed by atoms with E-state index in [0.717, 1.165) is 6.26 Å². The Morgan fingerprint density at radius 2 is 1.97 bits per heavy atom. The van der Waals surface area contributed by atoms with Crippen molar-refractivity contribution in [2.24, 2.45) is 0 Å². The molecule has 0 fully saturated rings. The molecule has 0 N–H and O–H groups in total. The third-order valence-corrected chi connectivity index (χ3v) is 6.60. The molecule has 1 aliphatic heterocycles. The number of aryl methyl sites for hydroxylation is 1. The number of fused-ring (bicyclic) bond motifs is 3. The molecular weight excluding hydrogens is 413 g/mol.